The first kappa shape index (κ1) is 22.1. The second-order valence-corrected chi connectivity index (χ2v) is 5.63. The molecule has 9 heteroatoms. The number of amidine groups is 1. The lowest BCUT2D eigenvalue weighted by molar-refractivity contribution is -0.125. The van der Waals surface area contributed by atoms with Gasteiger partial charge in [-0.2, -0.15) is 0 Å². The Labute approximate surface area is 163 Å². The van der Waals surface area contributed by atoms with Crippen molar-refractivity contribution in [2.45, 2.75) is 13.1 Å². The molecular formula is C18H23ClN6O2. The summed E-state index contributed by atoms with van der Waals surface area (Å²) in [5, 5.41) is 15.6. The molecule has 2 rings (SSSR count). The fourth-order valence-electron chi connectivity index (χ4n) is 2.13. The molecule has 0 aliphatic rings. The number of nitrogens with two attached hydrogens (primary N) is 1. The van der Waals surface area contributed by atoms with E-state index in [0.717, 1.165) is 11.1 Å². The van der Waals surface area contributed by atoms with E-state index in [1.807, 2.05) is 18.2 Å². The molecule has 0 fully saturated rings. The number of benzene rings is 1. The Morgan fingerprint density at radius 2 is 1.67 bits per heavy atom. The first-order chi connectivity index (χ1) is 12.5. The predicted octanol–water partition coefficient (Wildman–Crippen LogP) is 0.310. The number of aromatic nitrogens is 1. The van der Waals surface area contributed by atoms with Crippen LogP contribution < -0.4 is 21.7 Å². The molecule has 1 aromatic heterocycles. The van der Waals surface area contributed by atoms with Gasteiger partial charge in [0.15, 0.2) is 0 Å². The van der Waals surface area contributed by atoms with Gasteiger partial charge in [-0.05, 0) is 17.2 Å². The number of carbonyl (C=O) groups is 2. The summed E-state index contributed by atoms with van der Waals surface area (Å²) < 4.78 is 0. The van der Waals surface area contributed by atoms with E-state index < -0.39 is 0 Å². The largest absolute Gasteiger partial charge is 0.384 e. The summed E-state index contributed by atoms with van der Waals surface area (Å²) in [6, 6.07) is 10.8. The Kier molecular flexibility index (Phi) is 9.49. The van der Waals surface area contributed by atoms with E-state index in [0.29, 0.717) is 18.7 Å². The molecule has 0 atom stereocenters. The van der Waals surface area contributed by atoms with Crippen LogP contribution in [0.15, 0.2) is 48.8 Å². The number of amides is 2. The van der Waals surface area contributed by atoms with Crippen LogP contribution in [-0.2, 0) is 22.7 Å². The zero-order valence-electron chi connectivity index (χ0n) is 14.7. The molecule has 1 heterocycles. The fourth-order valence-corrected chi connectivity index (χ4v) is 2.13. The highest BCUT2D eigenvalue weighted by Gasteiger charge is 2.05. The zero-order valence-corrected chi connectivity index (χ0v) is 15.5. The predicted molar refractivity (Wildman–Crippen MR) is 106 cm³/mol. The number of halogens is 1. The summed E-state index contributed by atoms with van der Waals surface area (Å²) in [4.78, 5) is 27.4. The molecule has 1 aromatic carbocycles. The van der Waals surface area contributed by atoms with Crippen molar-refractivity contribution in [3.63, 3.8) is 0 Å². The molecule has 0 saturated heterocycles. The normalized spacial score (nSPS) is 9.78. The quantitative estimate of drug-likeness (QED) is 0.310. The molecule has 0 aliphatic heterocycles. The molecular weight excluding hydrogens is 368 g/mol. The molecule has 2 amide bonds. The smallest absolute Gasteiger partial charge is 0.239 e. The SMILES string of the molecule is Cl.N=C(N)c1ccc(CNCC(=O)NCC(=O)NCc2cccnc2)cc1. The Bertz CT molecular complexity index is 752. The monoisotopic (exact) mass is 390 g/mol. The van der Waals surface area contributed by atoms with Crippen LogP contribution >= 0.6 is 12.4 Å². The van der Waals surface area contributed by atoms with Gasteiger partial charge in [0.05, 0.1) is 13.1 Å². The molecule has 0 bridgehead atoms. The van der Waals surface area contributed by atoms with Gasteiger partial charge in [-0.15, -0.1) is 12.4 Å². The van der Waals surface area contributed by atoms with E-state index in [4.69, 9.17) is 11.1 Å². The molecule has 8 nitrogen and oxygen atoms in total. The van der Waals surface area contributed by atoms with Gasteiger partial charge >= 0.3 is 0 Å². The Morgan fingerprint density at radius 3 is 2.30 bits per heavy atom. The standard InChI is InChI=1S/C18H22N6O2.ClH/c19-18(20)15-5-3-13(4-6-15)8-22-11-16(25)24-12-17(26)23-10-14-2-1-7-21-9-14;/h1-7,9,22H,8,10-12H2,(H3,19,20)(H,23,26)(H,24,25);1H. The van der Waals surface area contributed by atoms with Gasteiger partial charge in [-0.25, -0.2) is 0 Å². The number of nitrogen functional groups attached to an aromatic ring is 1. The van der Waals surface area contributed by atoms with Crippen LogP contribution in [0.3, 0.4) is 0 Å². The van der Waals surface area contributed by atoms with Crippen molar-refractivity contribution in [2.24, 2.45) is 5.73 Å². The third-order valence-corrected chi connectivity index (χ3v) is 3.54. The molecule has 0 saturated carbocycles. The minimum absolute atomic E-state index is 0. The minimum Gasteiger partial charge on any atom is -0.384 e. The van der Waals surface area contributed by atoms with Gasteiger partial charge in [0.1, 0.15) is 5.84 Å². The maximum Gasteiger partial charge on any atom is 0.239 e. The molecule has 0 unspecified atom stereocenters. The molecule has 6 N–H and O–H groups in total. The fraction of sp³-hybridized carbons (Fsp3) is 0.222. The summed E-state index contributed by atoms with van der Waals surface area (Å²) in [5.41, 5.74) is 7.91. The average Bonchev–Trinajstić information content (AvgIpc) is 2.66. The second-order valence-electron chi connectivity index (χ2n) is 5.63. The first-order valence-corrected chi connectivity index (χ1v) is 8.11. The lowest BCUT2D eigenvalue weighted by Crippen LogP contribution is -2.40. The Balaban J connectivity index is 0.00000364. The lowest BCUT2D eigenvalue weighted by atomic mass is 10.1. The van der Waals surface area contributed by atoms with Crippen LogP contribution in [0.5, 0.6) is 0 Å². The van der Waals surface area contributed by atoms with Gasteiger partial charge in [-0.3, -0.25) is 20.0 Å². The van der Waals surface area contributed by atoms with Crippen LogP contribution in [-0.4, -0.2) is 35.7 Å². The van der Waals surface area contributed by atoms with Crippen molar-refractivity contribution in [3.05, 3.63) is 65.5 Å². The maximum absolute atomic E-state index is 11.7. The van der Waals surface area contributed by atoms with Crippen LogP contribution in [0.1, 0.15) is 16.7 Å². The summed E-state index contributed by atoms with van der Waals surface area (Å²) >= 11 is 0. The number of nitrogens with zero attached hydrogens (tertiary/aromatic N) is 1. The van der Waals surface area contributed by atoms with Crippen LogP contribution in [0.2, 0.25) is 0 Å². The summed E-state index contributed by atoms with van der Waals surface area (Å²) in [6.07, 6.45) is 3.34. The van der Waals surface area contributed by atoms with E-state index >= 15 is 0 Å². The number of pyridine rings is 1. The third-order valence-electron chi connectivity index (χ3n) is 3.54. The molecule has 0 spiro atoms. The number of nitrogens with one attached hydrogen (secondary N) is 4. The number of hydrogen-bond acceptors (Lipinski definition) is 5. The number of hydrogen-bond donors (Lipinski definition) is 5. The van der Waals surface area contributed by atoms with Crippen molar-refractivity contribution in [1.29, 1.82) is 5.41 Å². The second kappa shape index (κ2) is 11.6. The highest BCUT2D eigenvalue weighted by Crippen LogP contribution is 2.03. The van der Waals surface area contributed by atoms with Crippen LogP contribution in [0, 0.1) is 5.41 Å². The first-order valence-electron chi connectivity index (χ1n) is 8.11. The summed E-state index contributed by atoms with van der Waals surface area (Å²) in [6.45, 7) is 0.897. The summed E-state index contributed by atoms with van der Waals surface area (Å²) in [7, 11) is 0. The van der Waals surface area contributed by atoms with Gasteiger partial charge in [0.2, 0.25) is 11.8 Å². The van der Waals surface area contributed by atoms with E-state index in [1.54, 1.807) is 30.6 Å². The lowest BCUT2D eigenvalue weighted by Gasteiger charge is -2.08. The van der Waals surface area contributed by atoms with Gasteiger partial charge in [0.25, 0.3) is 0 Å². The zero-order chi connectivity index (χ0) is 18.8. The van der Waals surface area contributed by atoms with Crippen molar-refractivity contribution >= 4 is 30.1 Å². The number of carbonyl (C=O) groups excluding carboxylic acids is 2. The van der Waals surface area contributed by atoms with Crippen LogP contribution in [0.4, 0.5) is 0 Å². The van der Waals surface area contributed by atoms with Crippen molar-refractivity contribution in [1.82, 2.24) is 20.9 Å². The van der Waals surface area contributed by atoms with E-state index in [9.17, 15) is 9.59 Å². The molecule has 0 aliphatic carbocycles. The van der Waals surface area contributed by atoms with Crippen molar-refractivity contribution in [3.8, 4) is 0 Å². The minimum atomic E-state index is -0.262. The summed E-state index contributed by atoms with van der Waals surface area (Å²) in [5.74, 6) is -0.505. The molecule has 27 heavy (non-hydrogen) atoms. The van der Waals surface area contributed by atoms with Crippen molar-refractivity contribution < 1.29 is 9.59 Å². The third kappa shape index (κ3) is 8.30. The topological polar surface area (TPSA) is 133 Å². The number of rotatable bonds is 9. The molecule has 0 radical (unpaired) electrons. The van der Waals surface area contributed by atoms with Gasteiger partial charge in [0, 0.05) is 31.0 Å². The molecule has 144 valence electrons. The van der Waals surface area contributed by atoms with Gasteiger partial charge in [-0.1, -0.05) is 30.3 Å². The average molecular weight is 391 g/mol. The Hall–Kier alpha value is -2.97. The van der Waals surface area contributed by atoms with Crippen molar-refractivity contribution in [2.75, 3.05) is 13.1 Å². The van der Waals surface area contributed by atoms with E-state index in [1.165, 1.54) is 0 Å². The van der Waals surface area contributed by atoms with E-state index in [-0.39, 0.29) is 43.1 Å². The van der Waals surface area contributed by atoms with Crippen LogP contribution in [0.25, 0.3) is 0 Å². The Morgan fingerprint density at radius 1 is 0.963 bits per heavy atom. The highest BCUT2D eigenvalue weighted by molar-refractivity contribution is 5.94. The maximum atomic E-state index is 11.7. The highest BCUT2D eigenvalue weighted by atomic mass is 35.5. The van der Waals surface area contributed by atoms with Gasteiger partial charge < -0.3 is 21.7 Å². The molecule has 2 aromatic rings. The van der Waals surface area contributed by atoms with E-state index in [2.05, 4.69) is 20.9 Å².